The van der Waals surface area contributed by atoms with Crippen LogP contribution in [0.3, 0.4) is 0 Å². The topological polar surface area (TPSA) is 69.7 Å². The Morgan fingerprint density at radius 1 is 1.03 bits per heavy atom. The zero-order valence-electron chi connectivity index (χ0n) is 18.7. The van der Waals surface area contributed by atoms with E-state index in [4.69, 9.17) is 11.6 Å². The summed E-state index contributed by atoms with van der Waals surface area (Å²) in [6.07, 6.45) is 6.12. The minimum absolute atomic E-state index is 0.0416. The molecule has 1 N–H and O–H groups in total. The molecule has 4 rings (SSSR count). The predicted octanol–water partition coefficient (Wildman–Crippen LogP) is 4.57. The third-order valence-corrected chi connectivity index (χ3v) is 6.75. The number of anilines is 1. The van der Waals surface area contributed by atoms with Gasteiger partial charge in [0.25, 0.3) is 17.7 Å². The van der Waals surface area contributed by atoms with Gasteiger partial charge >= 0.3 is 0 Å². The lowest BCUT2D eigenvalue weighted by Crippen LogP contribution is -2.38. The molecule has 0 spiro atoms. The Kier molecular flexibility index (Phi) is 7.14. The molecule has 2 aromatic carbocycles. The maximum atomic E-state index is 13.0. The van der Waals surface area contributed by atoms with Crippen LogP contribution in [0.4, 0.5) is 5.69 Å². The molecule has 1 aliphatic carbocycles. The van der Waals surface area contributed by atoms with Crippen LogP contribution < -0.4 is 5.32 Å². The van der Waals surface area contributed by atoms with Crippen molar-refractivity contribution in [1.29, 1.82) is 0 Å². The summed E-state index contributed by atoms with van der Waals surface area (Å²) in [5, 5.41) is 2.84. The average Bonchev–Trinajstić information content (AvgIpc) is 3.06. The van der Waals surface area contributed by atoms with E-state index in [1.807, 2.05) is 42.3 Å². The number of imide groups is 1. The smallest absolute Gasteiger partial charge is 0.278 e. The molecule has 2 aromatic rings. The lowest BCUT2D eigenvalue weighted by atomic mass is 9.94. The number of hydrogen-bond acceptors (Lipinski definition) is 4. The highest BCUT2D eigenvalue weighted by Crippen LogP contribution is 2.27. The average molecular weight is 466 g/mol. The number of nitrogens with one attached hydrogen (secondary N) is 1. The molecule has 0 atom stereocenters. The van der Waals surface area contributed by atoms with Gasteiger partial charge in [-0.05, 0) is 43.0 Å². The molecular formula is C26H28ClN3O3. The van der Waals surface area contributed by atoms with Crippen molar-refractivity contribution in [3.05, 3.63) is 76.5 Å². The molecule has 0 radical (unpaired) electrons. The molecule has 1 saturated carbocycles. The summed E-state index contributed by atoms with van der Waals surface area (Å²) >= 11 is 6.23. The fourth-order valence-corrected chi connectivity index (χ4v) is 4.69. The summed E-state index contributed by atoms with van der Waals surface area (Å²) in [5.74, 6) is -1.02. The number of carbonyl (C=O) groups excluding carboxylic acids is 3. The summed E-state index contributed by atoms with van der Waals surface area (Å²) in [6.45, 7) is 0.244. The second-order valence-corrected chi connectivity index (χ2v) is 8.98. The highest BCUT2D eigenvalue weighted by atomic mass is 35.5. The second-order valence-electron chi connectivity index (χ2n) is 8.60. The predicted molar refractivity (Wildman–Crippen MR) is 129 cm³/mol. The first kappa shape index (κ1) is 23.1. The van der Waals surface area contributed by atoms with Crippen LogP contribution in [0.25, 0.3) is 0 Å². The van der Waals surface area contributed by atoms with Gasteiger partial charge in [-0.2, -0.15) is 0 Å². The summed E-state index contributed by atoms with van der Waals surface area (Å²) in [4.78, 5) is 41.5. The standard InChI is InChI=1S/C26H28ClN3O3/c1-29(21-13-6-3-7-14-21)24(31)19-11-8-12-20(17-19)28-23-22(27)25(32)30(26(23)33)16-15-18-9-4-2-5-10-18/h2,4-5,8-12,17,21,28H,3,6-7,13-16H2,1H3. The van der Waals surface area contributed by atoms with Crippen LogP contribution >= 0.6 is 11.6 Å². The van der Waals surface area contributed by atoms with Crippen LogP contribution in [0.1, 0.15) is 48.0 Å². The molecule has 1 heterocycles. The van der Waals surface area contributed by atoms with Gasteiger partial charge < -0.3 is 10.2 Å². The van der Waals surface area contributed by atoms with Crippen LogP contribution in [0.2, 0.25) is 0 Å². The lowest BCUT2D eigenvalue weighted by molar-refractivity contribution is -0.137. The fourth-order valence-electron chi connectivity index (χ4n) is 4.46. The van der Waals surface area contributed by atoms with Crippen molar-refractivity contribution in [2.75, 3.05) is 18.9 Å². The highest BCUT2D eigenvalue weighted by Gasteiger charge is 2.37. The fraction of sp³-hybridized carbons (Fsp3) is 0.346. The van der Waals surface area contributed by atoms with Crippen LogP contribution in [0.5, 0.6) is 0 Å². The van der Waals surface area contributed by atoms with Gasteiger partial charge in [0, 0.05) is 30.9 Å². The Balaban J connectivity index is 1.44. The molecule has 172 valence electrons. The molecule has 0 unspecified atom stereocenters. The van der Waals surface area contributed by atoms with Gasteiger partial charge in [0.05, 0.1) is 0 Å². The normalized spacial score (nSPS) is 17.0. The van der Waals surface area contributed by atoms with E-state index in [0.29, 0.717) is 17.7 Å². The Hall–Kier alpha value is -3.12. The number of hydrogen-bond donors (Lipinski definition) is 1. The minimum Gasteiger partial charge on any atom is -0.350 e. The summed E-state index contributed by atoms with van der Waals surface area (Å²) in [7, 11) is 1.85. The molecule has 6 nitrogen and oxygen atoms in total. The van der Waals surface area contributed by atoms with Gasteiger partial charge in [0.2, 0.25) is 0 Å². The third-order valence-electron chi connectivity index (χ3n) is 6.40. The Morgan fingerprint density at radius 2 is 1.76 bits per heavy atom. The Bertz CT molecular complexity index is 1080. The summed E-state index contributed by atoms with van der Waals surface area (Å²) in [5.41, 5.74) is 2.14. The monoisotopic (exact) mass is 465 g/mol. The van der Waals surface area contributed by atoms with Crippen LogP contribution in [-0.2, 0) is 16.0 Å². The van der Waals surface area contributed by atoms with Crippen molar-refractivity contribution in [1.82, 2.24) is 9.80 Å². The summed E-state index contributed by atoms with van der Waals surface area (Å²) in [6, 6.07) is 16.9. The lowest BCUT2D eigenvalue weighted by Gasteiger charge is -2.31. The van der Waals surface area contributed by atoms with Gasteiger partial charge in [-0.25, -0.2) is 0 Å². The zero-order valence-corrected chi connectivity index (χ0v) is 19.5. The van der Waals surface area contributed by atoms with E-state index in [1.165, 1.54) is 6.42 Å². The van der Waals surface area contributed by atoms with E-state index in [1.54, 1.807) is 24.3 Å². The molecule has 3 amide bonds. The quantitative estimate of drug-likeness (QED) is 0.608. The van der Waals surface area contributed by atoms with Gasteiger partial charge in [0.15, 0.2) is 0 Å². The maximum Gasteiger partial charge on any atom is 0.278 e. The first-order chi connectivity index (χ1) is 16.0. The van der Waals surface area contributed by atoms with Crippen molar-refractivity contribution in [2.24, 2.45) is 0 Å². The van der Waals surface area contributed by atoms with E-state index in [2.05, 4.69) is 5.32 Å². The zero-order chi connectivity index (χ0) is 23.4. The molecule has 7 heteroatoms. The number of amides is 3. The summed E-state index contributed by atoms with van der Waals surface area (Å²) < 4.78 is 0. The number of nitrogens with zero attached hydrogens (tertiary/aromatic N) is 2. The number of carbonyl (C=O) groups is 3. The third kappa shape index (κ3) is 5.11. The van der Waals surface area contributed by atoms with Gasteiger partial charge in [-0.15, -0.1) is 0 Å². The minimum atomic E-state index is -0.510. The Morgan fingerprint density at radius 3 is 2.48 bits per heavy atom. The van der Waals surface area contributed by atoms with Crippen LogP contribution in [0, 0.1) is 0 Å². The van der Waals surface area contributed by atoms with Crippen molar-refractivity contribution < 1.29 is 14.4 Å². The Labute approximate surface area is 199 Å². The van der Waals surface area contributed by atoms with Gasteiger partial charge in [-0.3, -0.25) is 19.3 Å². The SMILES string of the molecule is CN(C(=O)c1cccc(NC2=C(Cl)C(=O)N(CCc3ccccc3)C2=O)c1)C1CCCCC1. The molecule has 0 aromatic heterocycles. The van der Waals surface area contributed by atoms with E-state index < -0.39 is 11.8 Å². The van der Waals surface area contributed by atoms with Crippen LogP contribution in [0.15, 0.2) is 65.3 Å². The molecule has 1 aliphatic heterocycles. The first-order valence-corrected chi connectivity index (χ1v) is 11.8. The largest absolute Gasteiger partial charge is 0.350 e. The molecule has 33 heavy (non-hydrogen) atoms. The molecular weight excluding hydrogens is 438 g/mol. The van der Waals surface area contributed by atoms with Gasteiger partial charge in [-0.1, -0.05) is 67.3 Å². The molecule has 0 saturated heterocycles. The molecule has 2 aliphatic rings. The van der Waals surface area contributed by atoms with E-state index >= 15 is 0 Å². The molecule has 1 fully saturated rings. The number of benzene rings is 2. The van der Waals surface area contributed by atoms with E-state index in [0.717, 1.165) is 36.1 Å². The molecule has 0 bridgehead atoms. The maximum absolute atomic E-state index is 13.0. The van der Waals surface area contributed by atoms with Crippen molar-refractivity contribution in [2.45, 2.75) is 44.6 Å². The van der Waals surface area contributed by atoms with E-state index in [9.17, 15) is 14.4 Å². The van der Waals surface area contributed by atoms with Crippen molar-refractivity contribution in [3.63, 3.8) is 0 Å². The first-order valence-electron chi connectivity index (χ1n) is 11.4. The van der Waals surface area contributed by atoms with E-state index in [-0.39, 0.29) is 29.2 Å². The van der Waals surface area contributed by atoms with Crippen molar-refractivity contribution in [3.8, 4) is 0 Å². The highest BCUT2D eigenvalue weighted by molar-refractivity contribution is 6.48. The number of halogens is 1. The van der Waals surface area contributed by atoms with Crippen LogP contribution in [-0.4, -0.2) is 47.2 Å². The van der Waals surface area contributed by atoms with Crippen molar-refractivity contribution >= 4 is 35.0 Å². The van der Waals surface area contributed by atoms with Gasteiger partial charge in [0.1, 0.15) is 10.7 Å². The number of rotatable bonds is 7. The second kappa shape index (κ2) is 10.2.